The molecular weight excluding hydrogens is 410 g/mol. The van der Waals surface area contributed by atoms with Gasteiger partial charge < -0.3 is 9.47 Å². The highest BCUT2D eigenvalue weighted by Gasteiger charge is 2.59. The van der Waals surface area contributed by atoms with Gasteiger partial charge in [-0.15, -0.1) is 0 Å². The van der Waals surface area contributed by atoms with Gasteiger partial charge in [-0.3, -0.25) is 14.4 Å². The standard InChI is InChI=1S/C25H21NO6/c1-31-19-9-7-14(8-10-19)20(27)13-32-25(30)17-3-2-4-18(12-17)26-23(28)21-15-5-6-16(11-15)22(21)24(26)29/h2-10,12,15-16,21-22H,11,13H2,1H3/t15-,16-,21-,22+/m0/s1. The molecule has 2 amide bonds. The summed E-state index contributed by atoms with van der Waals surface area (Å²) >= 11 is 0. The third kappa shape index (κ3) is 3.21. The van der Waals surface area contributed by atoms with Crippen LogP contribution in [0.4, 0.5) is 5.69 Å². The summed E-state index contributed by atoms with van der Waals surface area (Å²) in [5.74, 6) is -1.24. The van der Waals surface area contributed by atoms with Crippen molar-refractivity contribution >= 4 is 29.3 Å². The zero-order chi connectivity index (χ0) is 22.4. The van der Waals surface area contributed by atoms with Crippen molar-refractivity contribution in [2.75, 3.05) is 18.6 Å². The van der Waals surface area contributed by atoms with Crippen molar-refractivity contribution in [1.29, 1.82) is 0 Å². The molecule has 2 aromatic carbocycles. The van der Waals surface area contributed by atoms with Crippen LogP contribution in [0.15, 0.2) is 60.7 Å². The molecule has 2 bridgehead atoms. The van der Waals surface area contributed by atoms with Crippen molar-refractivity contribution in [3.05, 3.63) is 71.8 Å². The second kappa shape index (κ2) is 7.75. The van der Waals surface area contributed by atoms with Crippen molar-refractivity contribution in [3.63, 3.8) is 0 Å². The third-order valence-corrected chi connectivity index (χ3v) is 6.56. The van der Waals surface area contributed by atoms with E-state index in [1.165, 1.54) is 24.1 Å². The maximum absolute atomic E-state index is 13.0. The van der Waals surface area contributed by atoms with Crippen LogP contribution in [0, 0.1) is 23.7 Å². The number of carbonyl (C=O) groups excluding carboxylic acids is 4. The van der Waals surface area contributed by atoms with E-state index in [9.17, 15) is 19.2 Å². The number of esters is 1. The topological polar surface area (TPSA) is 90.0 Å². The summed E-state index contributed by atoms with van der Waals surface area (Å²) < 4.78 is 10.2. The second-order valence-corrected chi connectivity index (χ2v) is 8.29. The van der Waals surface area contributed by atoms with E-state index in [2.05, 4.69) is 0 Å². The van der Waals surface area contributed by atoms with Crippen LogP contribution >= 0.6 is 0 Å². The number of amides is 2. The Morgan fingerprint density at radius 2 is 1.59 bits per heavy atom. The van der Waals surface area contributed by atoms with Crippen LogP contribution in [0.2, 0.25) is 0 Å². The molecule has 3 aliphatic rings. The predicted molar refractivity (Wildman–Crippen MR) is 114 cm³/mol. The van der Waals surface area contributed by atoms with Gasteiger partial charge in [0.1, 0.15) is 5.75 Å². The molecule has 0 aromatic heterocycles. The van der Waals surface area contributed by atoms with Gasteiger partial charge in [0, 0.05) is 5.56 Å². The molecule has 162 valence electrons. The van der Waals surface area contributed by atoms with E-state index in [0.717, 1.165) is 6.42 Å². The lowest BCUT2D eigenvalue weighted by Gasteiger charge is -2.18. The van der Waals surface area contributed by atoms with E-state index < -0.39 is 12.6 Å². The van der Waals surface area contributed by atoms with Crippen molar-refractivity contribution in [1.82, 2.24) is 0 Å². The zero-order valence-corrected chi connectivity index (χ0v) is 17.4. The molecule has 5 rings (SSSR count). The summed E-state index contributed by atoms with van der Waals surface area (Å²) in [6.45, 7) is -0.420. The van der Waals surface area contributed by atoms with E-state index in [1.54, 1.807) is 36.4 Å². The highest BCUT2D eigenvalue weighted by molar-refractivity contribution is 6.23. The highest BCUT2D eigenvalue weighted by atomic mass is 16.5. The summed E-state index contributed by atoms with van der Waals surface area (Å²) in [7, 11) is 1.53. The fourth-order valence-electron chi connectivity index (χ4n) is 5.00. The number of Topliss-reactive ketones (excluding diaryl/α,β-unsaturated/α-hetero) is 1. The van der Waals surface area contributed by atoms with Crippen molar-refractivity contribution < 1.29 is 28.7 Å². The first-order valence-electron chi connectivity index (χ1n) is 10.5. The van der Waals surface area contributed by atoms with Crippen LogP contribution in [0.5, 0.6) is 5.75 Å². The van der Waals surface area contributed by atoms with Gasteiger partial charge in [0.15, 0.2) is 12.4 Å². The number of allylic oxidation sites excluding steroid dienone is 2. The Bertz CT molecular complexity index is 1120. The predicted octanol–water partition coefficient (Wildman–Crippen LogP) is 3.05. The Balaban J connectivity index is 1.28. The molecule has 7 nitrogen and oxygen atoms in total. The minimum Gasteiger partial charge on any atom is -0.497 e. The Morgan fingerprint density at radius 3 is 2.22 bits per heavy atom. The first kappa shape index (κ1) is 20.2. The molecule has 2 aliphatic carbocycles. The molecule has 0 spiro atoms. The minimum absolute atomic E-state index is 0.114. The number of benzene rings is 2. The van der Waals surface area contributed by atoms with Gasteiger partial charge >= 0.3 is 5.97 Å². The first-order chi connectivity index (χ1) is 15.5. The van der Waals surface area contributed by atoms with E-state index in [0.29, 0.717) is 17.0 Å². The summed E-state index contributed by atoms with van der Waals surface area (Å²) in [5.41, 5.74) is 0.920. The van der Waals surface area contributed by atoms with Crippen molar-refractivity contribution in [3.8, 4) is 5.75 Å². The number of anilines is 1. The molecular formula is C25H21NO6. The van der Waals surface area contributed by atoms with Crippen molar-refractivity contribution in [2.45, 2.75) is 6.42 Å². The number of rotatable bonds is 6. The van der Waals surface area contributed by atoms with Crippen LogP contribution in [0.25, 0.3) is 0 Å². The number of nitrogens with zero attached hydrogens (tertiary/aromatic N) is 1. The Kier molecular flexibility index (Phi) is 4.89. The summed E-state index contributed by atoms with van der Waals surface area (Å²) in [4.78, 5) is 52.0. The third-order valence-electron chi connectivity index (χ3n) is 6.56. The van der Waals surface area contributed by atoms with Gasteiger partial charge in [-0.05, 0) is 60.7 Å². The van der Waals surface area contributed by atoms with Gasteiger partial charge in [0.25, 0.3) is 0 Å². The molecule has 1 aliphatic heterocycles. The molecule has 2 fully saturated rings. The summed E-state index contributed by atoms with van der Waals surface area (Å²) in [5, 5.41) is 0. The second-order valence-electron chi connectivity index (χ2n) is 8.29. The lowest BCUT2D eigenvalue weighted by molar-refractivity contribution is -0.123. The molecule has 1 saturated carbocycles. The van der Waals surface area contributed by atoms with Crippen LogP contribution in [-0.4, -0.2) is 37.3 Å². The lowest BCUT2D eigenvalue weighted by atomic mass is 9.85. The number of hydrogen-bond donors (Lipinski definition) is 0. The van der Waals surface area contributed by atoms with Crippen molar-refractivity contribution in [2.24, 2.45) is 23.7 Å². The maximum atomic E-state index is 13.0. The molecule has 1 saturated heterocycles. The minimum atomic E-state index is -0.699. The quantitative estimate of drug-likeness (QED) is 0.302. The normalized spacial score (nSPS) is 25.2. The average Bonchev–Trinajstić information content (AvgIpc) is 3.51. The Hall–Kier alpha value is -3.74. The number of hydrogen-bond acceptors (Lipinski definition) is 6. The van der Waals surface area contributed by atoms with Crippen LogP contribution < -0.4 is 9.64 Å². The van der Waals surface area contributed by atoms with Gasteiger partial charge in [-0.25, -0.2) is 9.69 Å². The molecule has 32 heavy (non-hydrogen) atoms. The fraction of sp³-hybridized carbons (Fsp3) is 0.280. The van der Waals surface area contributed by atoms with Gasteiger partial charge in [-0.1, -0.05) is 18.2 Å². The smallest absolute Gasteiger partial charge is 0.338 e. The van der Waals surface area contributed by atoms with E-state index in [-0.39, 0.29) is 46.8 Å². The Labute approximate surface area is 184 Å². The number of carbonyl (C=O) groups is 4. The van der Waals surface area contributed by atoms with Crippen LogP contribution in [-0.2, 0) is 14.3 Å². The molecule has 0 unspecified atom stereocenters. The number of ketones is 1. The number of methoxy groups -OCH3 is 1. The highest BCUT2D eigenvalue weighted by Crippen LogP contribution is 2.53. The van der Waals surface area contributed by atoms with Gasteiger partial charge in [0.05, 0.1) is 30.2 Å². The van der Waals surface area contributed by atoms with Crippen LogP contribution in [0.3, 0.4) is 0 Å². The molecule has 1 heterocycles. The molecule has 0 radical (unpaired) electrons. The fourth-order valence-corrected chi connectivity index (χ4v) is 5.00. The SMILES string of the molecule is COc1ccc(C(=O)COC(=O)c2cccc(N3C(=O)[C@@H]4[C@H](C3=O)[C@H]3C=C[C@H]4C3)c2)cc1. The van der Waals surface area contributed by atoms with E-state index >= 15 is 0 Å². The largest absolute Gasteiger partial charge is 0.497 e. The zero-order valence-electron chi connectivity index (χ0n) is 17.4. The Morgan fingerprint density at radius 1 is 0.938 bits per heavy atom. The molecule has 0 N–H and O–H groups in total. The monoisotopic (exact) mass is 431 g/mol. The molecule has 7 heteroatoms. The summed E-state index contributed by atoms with van der Waals surface area (Å²) in [6.07, 6.45) is 4.93. The van der Waals surface area contributed by atoms with Gasteiger partial charge in [0.2, 0.25) is 11.8 Å². The molecule has 4 atom stereocenters. The number of fused-ring (bicyclic) bond motifs is 5. The number of imide groups is 1. The first-order valence-corrected chi connectivity index (χ1v) is 10.5. The summed E-state index contributed by atoms with van der Waals surface area (Å²) in [6, 6.07) is 12.7. The molecule has 2 aromatic rings. The van der Waals surface area contributed by atoms with E-state index in [1.807, 2.05) is 12.2 Å². The maximum Gasteiger partial charge on any atom is 0.338 e. The average molecular weight is 431 g/mol. The lowest BCUT2D eigenvalue weighted by Crippen LogP contribution is -2.33. The van der Waals surface area contributed by atoms with E-state index in [4.69, 9.17) is 9.47 Å². The van der Waals surface area contributed by atoms with Crippen LogP contribution in [0.1, 0.15) is 27.1 Å². The number of ether oxygens (including phenoxy) is 2. The van der Waals surface area contributed by atoms with Gasteiger partial charge in [-0.2, -0.15) is 0 Å².